The number of thiocarbonyl (C=S) groups is 1. The summed E-state index contributed by atoms with van der Waals surface area (Å²) in [5.74, 6) is 1.23. The van der Waals surface area contributed by atoms with Crippen molar-refractivity contribution >= 4 is 23.1 Å². The lowest BCUT2D eigenvalue weighted by molar-refractivity contribution is -0.140. The van der Waals surface area contributed by atoms with Crippen LogP contribution in [0.15, 0.2) is 0 Å². The second-order valence-corrected chi connectivity index (χ2v) is 6.15. The van der Waals surface area contributed by atoms with Crippen LogP contribution in [0.2, 0.25) is 0 Å². The maximum atomic E-state index is 12.5. The zero-order valence-corrected chi connectivity index (χ0v) is 12.1. The fraction of sp³-hybridized carbons (Fsp3) is 0.846. The fourth-order valence-electron chi connectivity index (χ4n) is 2.61. The highest BCUT2D eigenvalue weighted by Crippen LogP contribution is 2.29. The zero-order chi connectivity index (χ0) is 13.2. The number of nitrogens with zero attached hydrogens (tertiary/aromatic N) is 1. The number of carbonyl (C=O) groups is 1. The monoisotopic (exact) mass is 256 g/mol. The molecule has 98 valence electrons. The number of hydrogen-bond donors (Lipinski definition) is 1. The van der Waals surface area contributed by atoms with Crippen molar-refractivity contribution in [3.8, 4) is 0 Å². The van der Waals surface area contributed by atoms with Gasteiger partial charge in [-0.1, -0.05) is 33.0 Å². The molecule has 4 heteroatoms. The van der Waals surface area contributed by atoms with Crippen LogP contribution in [0.4, 0.5) is 0 Å². The Balaban J connectivity index is 2.84. The van der Waals surface area contributed by atoms with E-state index in [0.29, 0.717) is 23.2 Å². The molecule has 1 fully saturated rings. The highest BCUT2D eigenvalue weighted by atomic mass is 32.1. The van der Waals surface area contributed by atoms with Gasteiger partial charge >= 0.3 is 0 Å². The molecule has 1 rings (SSSR count). The van der Waals surface area contributed by atoms with Gasteiger partial charge in [-0.3, -0.25) is 4.79 Å². The average molecular weight is 256 g/mol. The lowest BCUT2D eigenvalue weighted by Crippen LogP contribution is -2.52. The molecule has 3 unspecified atom stereocenters. The van der Waals surface area contributed by atoms with Crippen LogP contribution < -0.4 is 5.73 Å². The summed E-state index contributed by atoms with van der Waals surface area (Å²) in [4.78, 5) is 14.8. The third-order valence-corrected chi connectivity index (χ3v) is 4.33. The van der Waals surface area contributed by atoms with Crippen LogP contribution in [0.25, 0.3) is 0 Å². The minimum absolute atomic E-state index is 0.103. The first-order valence-electron chi connectivity index (χ1n) is 6.40. The molecule has 17 heavy (non-hydrogen) atoms. The Hall–Kier alpha value is -0.640. The van der Waals surface area contributed by atoms with Crippen LogP contribution in [0.1, 0.15) is 40.5 Å². The summed E-state index contributed by atoms with van der Waals surface area (Å²) in [6.45, 7) is 9.89. The Labute approximate surface area is 110 Å². The predicted molar refractivity (Wildman–Crippen MR) is 74.7 cm³/mol. The van der Waals surface area contributed by atoms with E-state index in [2.05, 4.69) is 13.8 Å². The maximum Gasteiger partial charge on any atom is 0.235 e. The SMILES string of the molecule is CCC(C)(C(=O)N1CC(C)CC(C)C1)C(N)=S. The van der Waals surface area contributed by atoms with Gasteiger partial charge in [-0.25, -0.2) is 0 Å². The number of amides is 1. The Morgan fingerprint density at radius 3 is 2.24 bits per heavy atom. The summed E-state index contributed by atoms with van der Waals surface area (Å²) in [5.41, 5.74) is 5.07. The molecule has 0 aromatic carbocycles. The first-order valence-corrected chi connectivity index (χ1v) is 6.81. The van der Waals surface area contributed by atoms with Crippen molar-refractivity contribution in [1.82, 2.24) is 4.90 Å². The van der Waals surface area contributed by atoms with Crippen LogP contribution in [0.3, 0.4) is 0 Å². The van der Waals surface area contributed by atoms with Crippen LogP contribution in [0, 0.1) is 17.3 Å². The lowest BCUT2D eigenvalue weighted by Gasteiger charge is -2.39. The van der Waals surface area contributed by atoms with Gasteiger partial charge in [0.25, 0.3) is 0 Å². The molecule has 1 aliphatic heterocycles. The summed E-state index contributed by atoms with van der Waals surface area (Å²) in [5, 5.41) is 0. The predicted octanol–water partition coefficient (Wildman–Crippen LogP) is 2.19. The Morgan fingerprint density at radius 2 is 1.88 bits per heavy atom. The molecule has 0 radical (unpaired) electrons. The average Bonchev–Trinajstić information content (AvgIpc) is 2.25. The van der Waals surface area contributed by atoms with Crippen LogP contribution in [-0.4, -0.2) is 28.9 Å². The van der Waals surface area contributed by atoms with E-state index in [4.69, 9.17) is 18.0 Å². The zero-order valence-electron chi connectivity index (χ0n) is 11.3. The van der Waals surface area contributed by atoms with Crippen molar-refractivity contribution in [2.75, 3.05) is 13.1 Å². The summed E-state index contributed by atoms with van der Waals surface area (Å²) >= 11 is 5.06. The van der Waals surface area contributed by atoms with E-state index < -0.39 is 5.41 Å². The molecule has 0 spiro atoms. The van der Waals surface area contributed by atoms with E-state index in [9.17, 15) is 4.79 Å². The first kappa shape index (κ1) is 14.4. The van der Waals surface area contributed by atoms with Gasteiger partial charge in [0.2, 0.25) is 5.91 Å². The van der Waals surface area contributed by atoms with Crippen molar-refractivity contribution in [3.05, 3.63) is 0 Å². The van der Waals surface area contributed by atoms with Gasteiger partial charge < -0.3 is 10.6 Å². The topological polar surface area (TPSA) is 46.3 Å². The van der Waals surface area contributed by atoms with Crippen molar-refractivity contribution in [2.24, 2.45) is 23.0 Å². The quantitative estimate of drug-likeness (QED) is 0.787. The molecule has 1 heterocycles. The molecule has 0 aromatic heterocycles. The lowest BCUT2D eigenvalue weighted by atomic mass is 9.83. The molecular formula is C13H24N2OS. The highest BCUT2D eigenvalue weighted by Gasteiger charge is 2.39. The van der Waals surface area contributed by atoms with E-state index in [-0.39, 0.29) is 5.91 Å². The molecule has 0 bridgehead atoms. The molecule has 1 amide bonds. The van der Waals surface area contributed by atoms with Gasteiger partial charge in [0.05, 0.1) is 10.4 Å². The van der Waals surface area contributed by atoms with Crippen LogP contribution in [-0.2, 0) is 4.79 Å². The summed E-state index contributed by atoms with van der Waals surface area (Å²) in [7, 11) is 0. The van der Waals surface area contributed by atoms with Gasteiger partial charge in [-0.2, -0.15) is 0 Å². The van der Waals surface area contributed by atoms with Crippen LogP contribution in [0.5, 0.6) is 0 Å². The Morgan fingerprint density at radius 1 is 1.41 bits per heavy atom. The minimum Gasteiger partial charge on any atom is -0.392 e. The molecule has 0 saturated carbocycles. The van der Waals surface area contributed by atoms with Gasteiger partial charge in [0, 0.05) is 13.1 Å². The number of nitrogens with two attached hydrogens (primary N) is 1. The number of hydrogen-bond acceptors (Lipinski definition) is 2. The van der Waals surface area contributed by atoms with E-state index in [1.54, 1.807) is 0 Å². The molecule has 0 aromatic rings. The molecule has 3 nitrogen and oxygen atoms in total. The minimum atomic E-state index is -0.674. The van der Waals surface area contributed by atoms with E-state index in [1.165, 1.54) is 6.42 Å². The maximum absolute atomic E-state index is 12.5. The van der Waals surface area contributed by atoms with E-state index in [0.717, 1.165) is 13.1 Å². The molecular weight excluding hydrogens is 232 g/mol. The van der Waals surface area contributed by atoms with Crippen molar-refractivity contribution in [1.29, 1.82) is 0 Å². The number of rotatable bonds is 3. The van der Waals surface area contributed by atoms with Crippen molar-refractivity contribution < 1.29 is 4.79 Å². The molecule has 3 atom stereocenters. The summed E-state index contributed by atoms with van der Waals surface area (Å²) in [6, 6.07) is 0. The van der Waals surface area contributed by atoms with Gasteiger partial charge in [0.1, 0.15) is 0 Å². The normalized spacial score (nSPS) is 28.6. The largest absolute Gasteiger partial charge is 0.392 e. The van der Waals surface area contributed by atoms with E-state index >= 15 is 0 Å². The first-order chi connectivity index (χ1) is 7.81. The molecule has 2 N–H and O–H groups in total. The van der Waals surface area contributed by atoms with Crippen LogP contribution >= 0.6 is 12.2 Å². The van der Waals surface area contributed by atoms with Gasteiger partial charge in [-0.05, 0) is 31.6 Å². The standard InChI is InChI=1S/C13H24N2OS/c1-5-13(4,11(14)17)12(16)15-7-9(2)6-10(3)8-15/h9-10H,5-8H2,1-4H3,(H2,14,17). The number of likely N-dealkylation sites (tertiary alicyclic amines) is 1. The summed E-state index contributed by atoms with van der Waals surface area (Å²) < 4.78 is 0. The third-order valence-electron chi connectivity index (χ3n) is 3.88. The second-order valence-electron chi connectivity index (χ2n) is 5.71. The molecule has 1 aliphatic rings. The second kappa shape index (κ2) is 5.34. The van der Waals surface area contributed by atoms with Gasteiger partial charge in [0.15, 0.2) is 0 Å². The molecule has 0 aliphatic carbocycles. The van der Waals surface area contributed by atoms with E-state index in [1.807, 2.05) is 18.7 Å². The fourth-order valence-corrected chi connectivity index (χ4v) is 2.84. The van der Waals surface area contributed by atoms with Gasteiger partial charge in [-0.15, -0.1) is 0 Å². The number of piperidine rings is 1. The summed E-state index contributed by atoms with van der Waals surface area (Å²) in [6.07, 6.45) is 1.86. The number of carbonyl (C=O) groups excluding carboxylic acids is 1. The third kappa shape index (κ3) is 2.97. The Bertz CT molecular complexity index is 309. The smallest absolute Gasteiger partial charge is 0.235 e. The highest BCUT2D eigenvalue weighted by molar-refractivity contribution is 7.80. The van der Waals surface area contributed by atoms with Crippen molar-refractivity contribution in [2.45, 2.75) is 40.5 Å². The Kier molecular flexibility index (Phi) is 4.53. The molecule has 1 saturated heterocycles. The van der Waals surface area contributed by atoms with Crippen molar-refractivity contribution in [3.63, 3.8) is 0 Å².